The second-order valence-electron chi connectivity index (χ2n) is 4.13. The number of aryl methyl sites for hydroxylation is 1. The maximum Gasteiger partial charge on any atom is 0.290 e. The average molecular weight is 387 g/mol. The lowest BCUT2D eigenvalue weighted by Gasteiger charge is -2.01. The van der Waals surface area contributed by atoms with Crippen molar-refractivity contribution in [2.24, 2.45) is 12.1 Å². The molecule has 0 atom stereocenters. The Labute approximate surface area is 138 Å². The van der Waals surface area contributed by atoms with Crippen molar-refractivity contribution in [1.82, 2.24) is 15.2 Å². The molecule has 0 unspecified atom stereocenters. The predicted molar refractivity (Wildman–Crippen MR) is 84.1 cm³/mol. The molecule has 2 rings (SSSR count). The van der Waals surface area contributed by atoms with Crippen molar-refractivity contribution in [1.29, 1.82) is 0 Å². The van der Waals surface area contributed by atoms with Gasteiger partial charge in [-0.1, -0.05) is 17.7 Å². The summed E-state index contributed by atoms with van der Waals surface area (Å²) in [4.78, 5) is 22.1. The first-order chi connectivity index (χ1) is 10.4. The highest BCUT2D eigenvalue weighted by Gasteiger charge is 2.15. The molecule has 10 heteroatoms. The van der Waals surface area contributed by atoms with Crippen LogP contribution in [0.5, 0.6) is 0 Å². The van der Waals surface area contributed by atoms with Crippen LogP contribution in [-0.4, -0.2) is 26.8 Å². The van der Waals surface area contributed by atoms with E-state index in [0.717, 1.165) is 0 Å². The molecule has 0 radical (unpaired) electrons. The summed E-state index contributed by atoms with van der Waals surface area (Å²) in [6.07, 6.45) is 2.77. The number of benzene rings is 1. The minimum atomic E-state index is -0.592. The molecule has 1 N–H and O–H groups in total. The van der Waals surface area contributed by atoms with E-state index in [1.54, 1.807) is 13.1 Å². The number of nitro benzene ring substituents is 1. The number of nitrogens with zero attached hydrogens (tertiary/aromatic N) is 4. The maximum absolute atomic E-state index is 11.9. The Bertz CT molecular complexity index is 755. The van der Waals surface area contributed by atoms with Crippen LogP contribution < -0.4 is 5.43 Å². The van der Waals surface area contributed by atoms with E-state index in [1.807, 2.05) is 0 Å². The smallest absolute Gasteiger partial charge is 0.266 e. The van der Waals surface area contributed by atoms with Gasteiger partial charge in [0.15, 0.2) is 0 Å². The van der Waals surface area contributed by atoms with Crippen LogP contribution in [-0.2, 0) is 7.05 Å². The zero-order chi connectivity index (χ0) is 16.3. The highest BCUT2D eigenvalue weighted by atomic mass is 79.9. The highest BCUT2D eigenvalue weighted by Crippen LogP contribution is 2.24. The van der Waals surface area contributed by atoms with Crippen molar-refractivity contribution < 1.29 is 9.72 Å². The van der Waals surface area contributed by atoms with Crippen molar-refractivity contribution in [3.8, 4) is 0 Å². The fourth-order valence-corrected chi connectivity index (χ4v) is 2.35. The number of hydrogen-bond acceptors (Lipinski definition) is 5. The summed E-state index contributed by atoms with van der Waals surface area (Å²) in [6, 6.07) is 4.20. The summed E-state index contributed by atoms with van der Waals surface area (Å²) >= 11 is 8.91. The molecule has 0 saturated heterocycles. The van der Waals surface area contributed by atoms with Crippen LogP contribution >= 0.6 is 27.5 Å². The molecule has 2 aromatic rings. The van der Waals surface area contributed by atoms with E-state index < -0.39 is 10.8 Å². The Kier molecular flexibility index (Phi) is 4.88. The van der Waals surface area contributed by atoms with Crippen molar-refractivity contribution in [3.63, 3.8) is 0 Å². The third-order valence-electron chi connectivity index (χ3n) is 2.66. The van der Waals surface area contributed by atoms with Crippen LogP contribution in [0.2, 0.25) is 5.02 Å². The Morgan fingerprint density at radius 2 is 2.32 bits per heavy atom. The lowest BCUT2D eigenvalue weighted by atomic mass is 10.2. The van der Waals surface area contributed by atoms with Gasteiger partial charge in [0.2, 0.25) is 0 Å². The Morgan fingerprint density at radius 1 is 1.59 bits per heavy atom. The number of carbonyl (C=O) groups excluding carboxylic acids is 1. The van der Waals surface area contributed by atoms with Gasteiger partial charge < -0.3 is 0 Å². The van der Waals surface area contributed by atoms with Gasteiger partial charge in [-0.2, -0.15) is 10.2 Å². The average Bonchev–Trinajstić information content (AvgIpc) is 2.79. The summed E-state index contributed by atoms with van der Waals surface area (Å²) in [7, 11) is 1.62. The number of hydrogen-bond donors (Lipinski definition) is 1. The normalized spacial score (nSPS) is 10.9. The standard InChI is InChI=1S/C12H9BrClN5O3/c1-18-11(8(13)6-16-18)12(20)17-15-5-7-2-3-9(14)10(4-7)19(21)22/h2-6H,1H3,(H,17,20)/b15-5+. The number of nitro groups is 1. The summed E-state index contributed by atoms with van der Waals surface area (Å²) < 4.78 is 1.92. The molecule has 22 heavy (non-hydrogen) atoms. The fourth-order valence-electron chi connectivity index (χ4n) is 1.63. The summed E-state index contributed by atoms with van der Waals surface area (Å²) in [5.74, 6) is -0.466. The third-order valence-corrected chi connectivity index (χ3v) is 3.56. The molecule has 0 bridgehead atoms. The number of aromatic nitrogens is 2. The zero-order valence-electron chi connectivity index (χ0n) is 11.2. The van der Waals surface area contributed by atoms with E-state index in [9.17, 15) is 14.9 Å². The van der Waals surface area contributed by atoms with Crippen LogP contribution in [0, 0.1) is 10.1 Å². The van der Waals surface area contributed by atoms with Gasteiger partial charge in [0.25, 0.3) is 11.6 Å². The quantitative estimate of drug-likeness (QED) is 0.495. The van der Waals surface area contributed by atoms with Crippen LogP contribution in [0.25, 0.3) is 0 Å². The molecule has 0 aliphatic heterocycles. The first-order valence-corrected chi connectivity index (χ1v) is 7.02. The molecule has 0 fully saturated rings. The van der Waals surface area contributed by atoms with Crippen LogP contribution in [0.1, 0.15) is 16.1 Å². The SMILES string of the molecule is Cn1ncc(Br)c1C(=O)N/N=C/c1ccc(Cl)c([N+](=O)[O-])c1. The van der Waals surface area contributed by atoms with Crippen LogP contribution in [0.4, 0.5) is 5.69 Å². The van der Waals surface area contributed by atoms with Gasteiger partial charge in [0.1, 0.15) is 10.7 Å². The van der Waals surface area contributed by atoms with Gasteiger partial charge in [-0.05, 0) is 22.0 Å². The largest absolute Gasteiger partial charge is 0.290 e. The van der Waals surface area contributed by atoms with Gasteiger partial charge >= 0.3 is 0 Å². The first kappa shape index (κ1) is 16.1. The number of nitrogens with one attached hydrogen (secondary N) is 1. The molecular weight excluding hydrogens is 378 g/mol. The summed E-state index contributed by atoms with van der Waals surface area (Å²) in [6.45, 7) is 0. The Morgan fingerprint density at radius 3 is 2.91 bits per heavy atom. The fraction of sp³-hybridized carbons (Fsp3) is 0.0833. The monoisotopic (exact) mass is 385 g/mol. The number of hydrazone groups is 1. The van der Waals surface area contributed by atoms with Gasteiger partial charge in [0.05, 0.1) is 21.8 Å². The molecule has 0 aliphatic rings. The van der Waals surface area contributed by atoms with Crippen LogP contribution in [0.3, 0.4) is 0 Å². The van der Waals surface area contributed by atoms with Crippen molar-refractivity contribution >= 4 is 45.3 Å². The van der Waals surface area contributed by atoms with E-state index in [1.165, 1.54) is 29.2 Å². The van der Waals surface area contributed by atoms with E-state index >= 15 is 0 Å². The van der Waals surface area contributed by atoms with Crippen molar-refractivity contribution in [2.75, 3.05) is 0 Å². The van der Waals surface area contributed by atoms with E-state index in [0.29, 0.717) is 15.7 Å². The lowest BCUT2D eigenvalue weighted by Crippen LogP contribution is -2.21. The lowest BCUT2D eigenvalue weighted by molar-refractivity contribution is -0.384. The molecule has 1 amide bonds. The van der Waals surface area contributed by atoms with E-state index in [-0.39, 0.29) is 10.7 Å². The van der Waals surface area contributed by atoms with Gasteiger partial charge in [-0.25, -0.2) is 5.43 Å². The van der Waals surface area contributed by atoms with Crippen molar-refractivity contribution in [3.05, 3.63) is 55.3 Å². The molecule has 0 aliphatic carbocycles. The number of rotatable bonds is 4. The molecule has 1 heterocycles. The van der Waals surface area contributed by atoms with Gasteiger partial charge in [-0.15, -0.1) is 0 Å². The van der Waals surface area contributed by atoms with E-state index in [4.69, 9.17) is 11.6 Å². The third kappa shape index (κ3) is 3.49. The predicted octanol–water partition coefficient (Wildman–Crippen LogP) is 2.51. The van der Waals surface area contributed by atoms with Crippen molar-refractivity contribution in [2.45, 2.75) is 0 Å². The maximum atomic E-state index is 11.9. The second-order valence-corrected chi connectivity index (χ2v) is 5.39. The molecular formula is C12H9BrClN5O3. The van der Waals surface area contributed by atoms with Crippen LogP contribution in [0.15, 0.2) is 34.0 Å². The minimum absolute atomic E-state index is 0.0324. The first-order valence-electron chi connectivity index (χ1n) is 5.85. The summed E-state index contributed by atoms with van der Waals surface area (Å²) in [5.41, 5.74) is 2.82. The number of halogens is 2. The Balaban J connectivity index is 2.12. The zero-order valence-corrected chi connectivity index (χ0v) is 13.5. The van der Waals surface area contributed by atoms with Gasteiger partial charge in [-0.3, -0.25) is 19.6 Å². The van der Waals surface area contributed by atoms with E-state index in [2.05, 4.69) is 31.6 Å². The number of carbonyl (C=O) groups is 1. The molecule has 1 aromatic carbocycles. The Hall–Kier alpha value is -2.26. The molecule has 114 valence electrons. The topological polar surface area (TPSA) is 102 Å². The summed E-state index contributed by atoms with van der Waals surface area (Å²) in [5, 5.41) is 18.5. The second kappa shape index (κ2) is 6.67. The molecule has 0 saturated carbocycles. The van der Waals surface area contributed by atoms with Gasteiger partial charge in [0, 0.05) is 18.7 Å². The molecule has 8 nitrogen and oxygen atoms in total. The minimum Gasteiger partial charge on any atom is -0.266 e. The highest BCUT2D eigenvalue weighted by molar-refractivity contribution is 9.10. The number of amides is 1. The molecule has 1 aromatic heterocycles. The molecule has 0 spiro atoms.